The van der Waals surface area contributed by atoms with Gasteiger partial charge in [-0.2, -0.15) is 0 Å². The summed E-state index contributed by atoms with van der Waals surface area (Å²) in [5.74, 6) is 8.34. The van der Waals surface area contributed by atoms with Gasteiger partial charge in [-0.1, -0.05) is 187 Å². The fourth-order valence-corrected chi connectivity index (χ4v) is 15.1. The molecule has 9 unspecified atom stereocenters. The molecule has 4 rings (SSSR count). The maximum atomic E-state index is 11.6. The number of hydrogen-bond acceptors (Lipinski definition) is 12. The van der Waals surface area contributed by atoms with E-state index in [1.165, 1.54) is 99.5 Å². The lowest BCUT2D eigenvalue weighted by Gasteiger charge is -2.38. The van der Waals surface area contributed by atoms with Crippen molar-refractivity contribution in [3.8, 4) is 23.0 Å². The van der Waals surface area contributed by atoms with Crippen molar-refractivity contribution < 1.29 is 57.1 Å². The van der Waals surface area contributed by atoms with E-state index in [-0.39, 0.29) is 40.8 Å². The minimum Gasteiger partial charge on any atom is -0.487 e. The van der Waals surface area contributed by atoms with Crippen LogP contribution in [-0.2, 0) is 44.5 Å². The third kappa shape index (κ3) is 42.5. The lowest BCUT2D eigenvalue weighted by Crippen LogP contribution is -2.37. The monoisotopic (exact) mass is 1520 g/mol. The molecule has 0 N–H and O–H groups in total. The lowest BCUT2D eigenvalue weighted by atomic mass is 9.84. The van der Waals surface area contributed by atoms with Crippen molar-refractivity contribution in [2.45, 2.75) is 396 Å². The number of ether oxygens (including phenoxy) is 8. The first-order valence-electron chi connectivity index (χ1n) is 42.5. The molecule has 2 heterocycles. The third-order valence-electron chi connectivity index (χ3n) is 22.2. The Bertz CT molecular complexity index is 3170. The topological polar surface area (TPSA) is 142 Å². The Hall–Kier alpha value is -5.14. The molecule has 12 nitrogen and oxygen atoms in total. The minimum atomic E-state index is -0.373. The summed E-state index contributed by atoms with van der Waals surface area (Å²) in [7, 11) is 7.29. The van der Waals surface area contributed by atoms with Gasteiger partial charge in [0.1, 0.15) is 45.8 Å². The Balaban J connectivity index is 0.000000764. The van der Waals surface area contributed by atoms with E-state index < -0.39 is 0 Å². The van der Waals surface area contributed by atoms with Crippen LogP contribution in [0.5, 0.6) is 23.0 Å². The highest BCUT2D eigenvalue weighted by molar-refractivity contribution is 5.77. The van der Waals surface area contributed by atoms with E-state index in [0.29, 0.717) is 60.4 Å². The van der Waals surface area contributed by atoms with Crippen molar-refractivity contribution in [1.29, 1.82) is 0 Å². The highest BCUT2D eigenvalue weighted by Crippen LogP contribution is 2.46. The quantitative estimate of drug-likeness (QED) is 0.0354. The van der Waals surface area contributed by atoms with Crippen molar-refractivity contribution in [1.82, 2.24) is 0 Å². The van der Waals surface area contributed by atoms with Gasteiger partial charge in [-0.05, 0) is 275 Å². The standard InChI is InChI=1S/C32H52O4.C32H50O4.C19H36O2.C14H26O2/c2*1-21(2)13-11-14-22(3)19-28(34-10)20-23(4)15-12-17-32(9)18-16-29-26(7)30(35-27(8)33)24(5)25(6)31(29)36-32;1-15(2)9-7-10-16(3)13-19(21-6)14-17(4)11-8-12-18(5)20;1-11(2)9-14(16-5)10-12(3)7-6-8-13(4)15/h15,21-22,28H,11-14,16-20H2,1-10H3;15-16,18,21-22,28H,11-14,17,19-20H2,1-10H3;11,15-16,19H,7-10,12-14H2,1-6H3;7,11,14H,6,8-10H2,1-5H3/b2*23-15+;17-11+;12-7+. The van der Waals surface area contributed by atoms with Crippen LogP contribution in [0.15, 0.2) is 52.7 Å². The fraction of sp³-hybridized carbons (Fsp3) is 0.732. The number of rotatable bonds is 46. The van der Waals surface area contributed by atoms with Crippen LogP contribution in [0.25, 0.3) is 6.08 Å². The zero-order valence-electron chi connectivity index (χ0n) is 75.8. The van der Waals surface area contributed by atoms with E-state index in [4.69, 9.17) is 37.9 Å². The van der Waals surface area contributed by atoms with Crippen LogP contribution in [0.1, 0.15) is 357 Å². The summed E-state index contributed by atoms with van der Waals surface area (Å²) < 4.78 is 47.1. The lowest BCUT2D eigenvalue weighted by molar-refractivity contribution is -0.132. The van der Waals surface area contributed by atoms with Crippen LogP contribution in [0.2, 0.25) is 0 Å². The second-order valence-electron chi connectivity index (χ2n) is 35.6. The maximum Gasteiger partial charge on any atom is 0.308 e. The number of allylic oxidation sites excluding steroid dienone is 4. The molecule has 2 aliphatic rings. The minimum absolute atomic E-state index is 0.193. The molecule has 9 atom stereocenters. The molecule has 0 saturated carbocycles. The molecule has 0 spiro atoms. The van der Waals surface area contributed by atoms with Crippen LogP contribution in [0.4, 0.5) is 0 Å². The average molecular weight is 1520 g/mol. The van der Waals surface area contributed by atoms with Crippen molar-refractivity contribution in [2.24, 2.45) is 41.4 Å². The van der Waals surface area contributed by atoms with Crippen molar-refractivity contribution in [3.63, 3.8) is 0 Å². The fourth-order valence-electron chi connectivity index (χ4n) is 15.1. The predicted molar refractivity (Wildman–Crippen MR) is 461 cm³/mol. The molecule has 0 fully saturated rings. The first-order chi connectivity index (χ1) is 51.0. The third-order valence-corrected chi connectivity index (χ3v) is 22.2. The van der Waals surface area contributed by atoms with E-state index in [2.05, 4.69) is 161 Å². The highest BCUT2D eigenvalue weighted by Gasteiger charge is 2.35. The molecule has 12 heteroatoms. The molecule has 0 bridgehead atoms. The molecular formula is C97H164O12. The summed E-state index contributed by atoms with van der Waals surface area (Å²) in [5, 5.41) is 0. The van der Waals surface area contributed by atoms with E-state index in [1.807, 2.05) is 55.9 Å². The number of carbonyl (C=O) groups is 4. The van der Waals surface area contributed by atoms with Crippen molar-refractivity contribution in [2.75, 3.05) is 28.4 Å². The molecule has 0 amide bonds. The number of ketones is 2. The zero-order chi connectivity index (χ0) is 82.9. The summed E-state index contributed by atoms with van der Waals surface area (Å²) in [5.41, 5.74) is 13.1. The largest absolute Gasteiger partial charge is 0.487 e. The van der Waals surface area contributed by atoms with Gasteiger partial charge in [0, 0.05) is 71.8 Å². The number of methoxy groups -OCH3 is 4. The second kappa shape index (κ2) is 53.8. The SMILES string of the molecule is COC(C/C(C)=C/CCC(C)=O)CC(C)C.COC(C/C(C)=C/CCC(C)=O)CC(C)CCCC(C)C.COC(C/C(C)=C/CCC1(C)C=Cc2c(C)c(OC(C)=O)c(C)c(C)c2O1)CC(C)CCCC(C)C.COC(C/C(C)=C/CCC1(C)CCc2c(C)c(OC(C)=O)c(C)c(C)c2O1)CC(C)CCCC(C)C. The molecule has 624 valence electrons. The molecule has 0 saturated heterocycles. The van der Waals surface area contributed by atoms with Gasteiger partial charge in [-0.15, -0.1) is 0 Å². The van der Waals surface area contributed by atoms with Gasteiger partial charge in [-0.25, -0.2) is 0 Å². The van der Waals surface area contributed by atoms with E-state index >= 15 is 0 Å². The van der Waals surface area contributed by atoms with Crippen LogP contribution in [0.3, 0.4) is 0 Å². The van der Waals surface area contributed by atoms with Crippen LogP contribution < -0.4 is 18.9 Å². The summed E-state index contributed by atoms with van der Waals surface area (Å²) in [4.78, 5) is 44.9. The molecule has 2 aromatic rings. The summed E-state index contributed by atoms with van der Waals surface area (Å²) in [6, 6.07) is 0. The Kier molecular flexibility index (Phi) is 50.3. The van der Waals surface area contributed by atoms with Gasteiger partial charge in [-0.3, -0.25) is 9.59 Å². The number of hydrogen-bond donors (Lipinski definition) is 0. The number of benzene rings is 2. The molecule has 109 heavy (non-hydrogen) atoms. The van der Waals surface area contributed by atoms with Gasteiger partial charge in [0.05, 0.1) is 24.4 Å². The van der Waals surface area contributed by atoms with Crippen molar-refractivity contribution in [3.05, 3.63) is 97.2 Å². The van der Waals surface area contributed by atoms with Gasteiger partial charge in [0.15, 0.2) is 0 Å². The van der Waals surface area contributed by atoms with Crippen LogP contribution in [0, 0.1) is 83.0 Å². The second-order valence-corrected chi connectivity index (χ2v) is 35.6. The normalized spacial score (nSPS) is 17.8. The molecule has 2 aromatic carbocycles. The predicted octanol–water partition coefficient (Wildman–Crippen LogP) is 26.6. The highest BCUT2D eigenvalue weighted by atomic mass is 16.5. The van der Waals surface area contributed by atoms with Gasteiger partial charge < -0.3 is 47.5 Å². The molecule has 0 radical (unpaired) electrons. The number of fused-ring (bicyclic) bond motifs is 2. The first-order valence-corrected chi connectivity index (χ1v) is 42.5. The molecular weight excluding hydrogens is 1360 g/mol. The summed E-state index contributed by atoms with van der Waals surface area (Å²) in [6.45, 7) is 56.7. The number of esters is 2. The Morgan fingerprint density at radius 3 is 1.12 bits per heavy atom. The number of carbonyl (C=O) groups excluding carboxylic acids is 4. The zero-order valence-corrected chi connectivity index (χ0v) is 75.8. The first kappa shape index (κ1) is 102. The Morgan fingerprint density at radius 2 is 0.771 bits per heavy atom. The van der Waals surface area contributed by atoms with E-state index in [9.17, 15) is 19.2 Å². The van der Waals surface area contributed by atoms with Gasteiger partial charge in [0.2, 0.25) is 0 Å². The van der Waals surface area contributed by atoms with Crippen molar-refractivity contribution >= 4 is 29.6 Å². The van der Waals surface area contributed by atoms with Crippen LogP contribution >= 0.6 is 0 Å². The summed E-state index contributed by atoms with van der Waals surface area (Å²) in [6.07, 6.45) is 43.5. The number of Topliss-reactive ketones (excluding diaryl/α,β-unsaturated/α-hetero) is 2. The van der Waals surface area contributed by atoms with E-state index in [0.717, 1.165) is 177 Å². The molecule has 0 aromatic heterocycles. The maximum absolute atomic E-state index is 11.6. The van der Waals surface area contributed by atoms with Crippen LogP contribution in [-0.4, -0.2) is 87.6 Å². The smallest absolute Gasteiger partial charge is 0.308 e. The molecule has 2 aliphatic heterocycles. The van der Waals surface area contributed by atoms with E-state index in [1.54, 1.807) is 21.0 Å². The average Bonchev–Trinajstić information content (AvgIpc) is 0.766. The molecule has 0 aliphatic carbocycles. The van der Waals surface area contributed by atoms with Gasteiger partial charge >= 0.3 is 11.9 Å². The Labute approximate surface area is 669 Å². The Morgan fingerprint density at radius 1 is 0.422 bits per heavy atom. The van der Waals surface area contributed by atoms with Gasteiger partial charge in [0.25, 0.3) is 0 Å². The summed E-state index contributed by atoms with van der Waals surface area (Å²) >= 11 is 0.